The van der Waals surface area contributed by atoms with E-state index in [0.29, 0.717) is 0 Å². The topological polar surface area (TPSA) is 83.6 Å². The quantitative estimate of drug-likeness (QED) is 0.673. The zero-order valence-electron chi connectivity index (χ0n) is 9.18. The van der Waals surface area contributed by atoms with Gasteiger partial charge in [0.2, 0.25) is 5.60 Å². The second-order valence-electron chi connectivity index (χ2n) is 3.64. The number of primary amides is 1. The van der Waals surface area contributed by atoms with Crippen molar-refractivity contribution in [2.24, 2.45) is 5.73 Å². The van der Waals surface area contributed by atoms with Gasteiger partial charge in [-0.15, -0.1) is 0 Å². The number of benzene rings is 1. The van der Waals surface area contributed by atoms with E-state index in [1.165, 1.54) is 26.2 Å². The van der Waals surface area contributed by atoms with Crippen LogP contribution in [0.5, 0.6) is 0 Å². The van der Waals surface area contributed by atoms with Crippen LogP contribution < -0.4 is 5.73 Å². The zero-order valence-corrected chi connectivity index (χ0v) is 9.18. The lowest BCUT2D eigenvalue weighted by Gasteiger charge is -2.26. The zero-order chi connectivity index (χ0) is 12.3. The summed E-state index contributed by atoms with van der Waals surface area (Å²) in [6.07, 6.45) is 0. The molecule has 16 heavy (non-hydrogen) atoms. The molecule has 0 spiro atoms. The van der Waals surface area contributed by atoms with Gasteiger partial charge in [0.1, 0.15) is 0 Å². The maximum absolute atomic E-state index is 11.8. The average Bonchev–Trinajstić information content (AvgIpc) is 2.27. The lowest BCUT2D eigenvalue weighted by Crippen LogP contribution is -2.52. The molecule has 0 aliphatic carbocycles. The number of carbonyl (C=O) groups is 2. The van der Waals surface area contributed by atoms with Crippen molar-refractivity contribution in [2.75, 3.05) is 14.1 Å². The minimum absolute atomic E-state index is 0.168. The monoisotopic (exact) mass is 222 g/mol. The molecule has 2 amide bonds. The van der Waals surface area contributed by atoms with Gasteiger partial charge in [0, 0.05) is 19.7 Å². The van der Waals surface area contributed by atoms with Gasteiger partial charge in [-0.05, 0) is 0 Å². The van der Waals surface area contributed by atoms with E-state index >= 15 is 0 Å². The number of rotatable bonds is 3. The highest BCUT2D eigenvalue weighted by Gasteiger charge is 2.45. The fraction of sp³-hybridized carbons (Fsp3) is 0.273. The van der Waals surface area contributed by atoms with E-state index in [2.05, 4.69) is 0 Å². The SMILES string of the molecule is CN(C)C(=O)C(O)(C(N)=O)c1ccccc1. The van der Waals surface area contributed by atoms with Crippen LogP contribution in [0.3, 0.4) is 0 Å². The number of nitrogens with zero attached hydrogens (tertiary/aromatic N) is 1. The first kappa shape index (κ1) is 12.2. The van der Waals surface area contributed by atoms with E-state index in [0.717, 1.165) is 4.90 Å². The Bertz CT molecular complexity index is 403. The van der Waals surface area contributed by atoms with Crippen LogP contribution in [0.2, 0.25) is 0 Å². The van der Waals surface area contributed by atoms with Crippen molar-refractivity contribution in [1.82, 2.24) is 4.90 Å². The average molecular weight is 222 g/mol. The molecule has 0 aromatic heterocycles. The van der Waals surface area contributed by atoms with Crippen LogP contribution in [-0.2, 0) is 15.2 Å². The van der Waals surface area contributed by atoms with Gasteiger partial charge in [0.25, 0.3) is 11.8 Å². The van der Waals surface area contributed by atoms with E-state index in [1.807, 2.05) is 0 Å². The van der Waals surface area contributed by atoms with Gasteiger partial charge in [-0.25, -0.2) is 0 Å². The van der Waals surface area contributed by atoms with Gasteiger partial charge in [0.05, 0.1) is 0 Å². The maximum Gasteiger partial charge on any atom is 0.268 e. The fourth-order valence-corrected chi connectivity index (χ4v) is 1.37. The van der Waals surface area contributed by atoms with Gasteiger partial charge >= 0.3 is 0 Å². The third-order valence-corrected chi connectivity index (χ3v) is 2.26. The third-order valence-electron chi connectivity index (χ3n) is 2.26. The molecule has 0 heterocycles. The number of amides is 2. The smallest absolute Gasteiger partial charge is 0.268 e. The molecule has 86 valence electrons. The van der Waals surface area contributed by atoms with Crippen LogP contribution in [0.25, 0.3) is 0 Å². The van der Waals surface area contributed by atoms with Crippen molar-refractivity contribution in [1.29, 1.82) is 0 Å². The number of hydrogen-bond acceptors (Lipinski definition) is 3. The molecule has 1 rings (SSSR count). The normalized spacial score (nSPS) is 13.9. The summed E-state index contributed by atoms with van der Waals surface area (Å²) >= 11 is 0. The van der Waals surface area contributed by atoms with Crippen LogP contribution in [0, 0.1) is 0 Å². The number of likely N-dealkylation sites (N-methyl/N-ethyl adjacent to an activating group) is 1. The fourth-order valence-electron chi connectivity index (χ4n) is 1.37. The first-order valence-corrected chi connectivity index (χ1v) is 4.70. The Balaban J connectivity index is 3.28. The number of aliphatic hydroxyl groups is 1. The molecule has 1 aromatic rings. The van der Waals surface area contributed by atoms with E-state index in [1.54, 1.807) is 18.2 Å². The van der Waals surface area contributed by atoms with Crippen LogP contribution in [0.4, 0.5) is 0 Å². The molecule has 1 atom stereocenters. The number of carbonyl (C=O) groups excluding carboxylic acids is 2. The summed E-state index contributed by atoms with van der Waals surface area (Å²) in [5.41, 5.74) is 2.97. The highest BCUT2D eigenvalue weighted by atomic mass is 16.3. The lowest BCUT2D eigenvalue weighted by molar-refractivity contribution is -0.158. The van der Waals surface area contributed by atoms with Gasteiger partial charge in [-0.2, -0.15) is 0 Å². The molecule has 1 unspecified atom stereocenters. The molecule has 0 saturated carbocycles. The molecule has 0 bridgehead atoms. The Labute approximate surface area is 93.5 Å². The van der Waals surface area contributed by atoms with Crippen molar-refractivity contribution in [2.45, 2.75) is 5.60 Å². The molecule has 0 radical (unpaired) electrons. The highest BCUT2D eigenvalue weighted by molar-refractivity contribution is 6.08. The number of nitrogens with two attached hydrogens (primary N) is 1. The van der Waals surface area contributed by atoms with Gasteiger partial charge in [-0.3, -0.25) is 9.59 Å². The van der Waals surface area contributed by atoms with Crippen LogP contribution >= 0.6 is 0 Å². The van der Waals surface area contributed by atoms with Gasteiger partial charge in [0.15, 0.2) is 0 Å². The molecular weight excluding hydrogens is 208 g/mol. The van der Waals surface area contributed by atoms with E-state index in [4.69, 9.17) is 5.73 Å². The third kappa shape index (κ3) is 1.90. The van der Waals surface area contributed by atoms with Crippen LogP contribution in [-0.4, -0.2) is 35.9 Å². The molecule has 0 saturated heterocycles. The largest absolute Gasteiger partial charge is 0.368 e. The number of hydrogen-bond donors (Lipinski definition) is 2. The second-order valence-corrected chi connectivity index (χ2v) is 3.64. The van der Waals surface area contributed by atoms with Crippen molar-refractivity contribution >= 4 is 11.8 Å². The molecule has 0 fully saturated rings. The minimum atomic E-state index is -2.30. The van der Waals surface area contributed by atoms with Crippen LogP contribution in [0.15, 0.2) is 30.3 Å². The summed E-state index contributed by atoms with van der Waals surface area (Å²) in [6.45, 7) is 0. The van der Waals surface area contributed by atoms with Gasteiger partial charge < -0.3 is 15.7 Å². The van der Waals surface area contributed by atoms with Crippen molar-refractivity contribution in [3.63, 3.8) is 0 Å². The second kappa shape index (κ2) is 4.32. The van der Waals surface area contributed by atoms with Crippen molar-refractivity contribution < 1.29 is 14.7 Å². The maximum atomic E-state index is 11.8. The van der Waals surface area contributed by atoms with Crippen LogP contribution in [0.1, 0.15) is 5.56 Å². The summed E-state index contributed by atoms with van der Waals surface area (Å²) in [5, 5.41) is 10.1. The Hall–Kier alpha value is -1.88. The molecule has 0 aliphatic heterocycles. The van der Waals surface area contributed by atoms with Crippen molar-refractivity contribution in [3.8, 4) is 0 Å². The molecule has 1 aromatic carbocycles. The summed E-state index contributed by atoms with van der Waals surface area (Å²) in [7, 11) is 2.89. The summed E-state index contributed by atoms with van der Waals surface area (Å²) in [4.78, 5) is 24.2. The van der Waals surface area contributed by atoms with E-state index in [-0.39, 0.29) is 5.56 Å². The minimum Gasteiger partial charge on any atom is -0.368 e. The lowest BCUT2D eigenvalue weighted by atomic mass is 9.92. The first-order chi connectivity index (χ1) is 7.40. The molecule has 5 heteroatoms. The Morgan fingerprint density at radius 1 is 1.25 bits per heavy atom. The Morgan fingerprint density at radius 2 is 1.75 bits per heavy atom. The first-order valence-electron chi connectivity index (χ1n) is 4.70. The Kier molecular flexibility index (Phi) is 3.29. The molecule has 5 nitrogen and oxygen atoms in total. The predicted octanol–water partition coefficient (Wildman–Crippen LogP) is -0.552. The molecular formula is C11H14N2O3. The van der Waals surface area contributed by atoms with E-state index < -0.39 is 17.4 Å². The standard InChI is InChI=1S/C11H14N2O3/c1-13(2)10(15)11(16,9(12)14)8-6-4-3-5-7-8/h3-7,16H,1-2H3,(H2,12,14). The Morgan fingerprint density at radius 3 is 2.12 bits per heavy atom. The van der Waals surface area contributed by atoms with Gasteiger partial charge in [-0.1, -0.05) is 30.3 Å². The predicted molar refractivity (Wildman–Crippen MR) is 58.2 cm³/mol. The van der Waals surface area contributed by atoms with E-state index in [9.17, 15) is 14.7 Å². The summed E-state index contributed by atoms with van der Waals surface area (Å²) in [5.74, 6) is -1.84. The molecule has 0 aliphatic rings. The van der Waals surface area contributed by atoms with Crippen molar-refractivity contribution in [3.05, 3.63) is 35.9 Å². The highest BCUT2D eigenvalue weighted by Crippen LogP contribution is 2.22. The summed E-state index contributed by atoms with van der Waals surface area (Å²) < 4.78 is 0. The molecule has 3 N–H and O–H groups in total. The summed E-state index contributed by atoms with van der Waals surface area (Å²) in [6, 6.07) is 7.90.